The molecule has 0 bridgehead atoms. The van der Waals surface area contributed by atoms with Crippen LogP contribution in [0.5, 0.6) is 0 Å². The third kappa shape index (κ3) is 7.27. The highest BCUT2D eigenvalue weighted by Crippen LogP contribution is 2.17. The van der Waals surface area contributed by atoms with Crippen LogP contribution in [0.25, 0.3) is 10.8 Å². The van der Waals surface area contributed by atoms with E-state index in [2.05, 4.69) is 20.9 Å². The molecule has 13 nitrogen and oxygen atoms in total. The average molecular weight is 541 g/mol. The number of carboxylic acids is 1. The number of aromatic nitrogens is 1. The Balaban J connectivity index is 1.79. The molecule has 208 valence electrons. The molecule has 1 aliphatic rings. The Kier molecular flexibility index (Phi) is 9.52. The highest BCUT2D eigenvalue weighted by Gasteiger charge is 2.39. The second-order valence-corrected chi connectivity index (χ2v) is 9.52. The van der Waals surface area contributed by atoms with Crippen LogP contribution in [-0.4, -0.2) is 99.7 Å². The van der Waals surface area contributed by atoms with Crippen LogP contribution in [0, 0.1) is 0 Å². The Morgan fingerprint density at radius 2 is 1.77 bits per heavy atom. The van der Waals surface area contributed by atoms with Crippen molar-refractivity contribution in [1.29, 1.82) is 0 Å². The smallest absolute Gasteiger partial charge is 0.317 e. The lowest BCUT2D eigenvalue weighted by Crippen LogP contribution is -2.65. The van der Waals surface area contributed by atoms with Gasteiger partial charge in [-0.3, -0.25) is 24.2 Å². The number of pyridine rings is 1. The van der Waals surface area contributed by atoms with E-state index < -0.39 is 54.3 Å². The van der Waals surface area contributed by atoms with E-state index in [9.17, 15) is 28.8 Å². The van der Waals surface area contributed by atoms with Gasteiger partial charge in [0.15, 0.2) is 0 Å². The number of amides is 5. The van der Waals surface area contributed by atoms with Crippen molar-refractivity contribution in [2.45, 2.75) is 51.4 Å². The van der Waals surface area contributed by atoms with Crippen LogP contribution in [0.2, 0.25) is 0 Å². The van der Waals surface area contributed by atoms with Crippen LogP contribution in [0.1, 0.15) is 37.7 Å². The summed E-state index contributed by atoms with van der Waals surface area (Å²) in [6.07, 6.45) is 1.15. The highest BCUT2D eigenvalue weighted by atomic mass is 16.4. The van der Waals surface area contributed by atoms with Gasteiger partial charge in [0.2, 0.25) is 11.8 Å². The first-order valence-electron chi connectivity index (χ1n) is 12.5. The molecule has 3 rings (SSSR count). The van der Waals surface area contributed by atoms with Crippen LogP contribution >= 0.6 is 0 Å². The average Bonchev–Trinajstić information content (AvgIpc) is 2.90. The molecule has 2 heterocycles. The normalized spacial score (nSPS) is 16.8. The Morgan fingerprint density at radius 3 is 2.44 bits per heavy atom. The van der Waals surface area contributed by atoms with Crippen LogP contribution in [-0.2, 0) is 19.2 Å². The summed E-state index contributed by atoms with van der Waals surface area (Å²) in [5, 5.41) is 18.1. The van der Waals surface area contributed by atoms with Gasteiger partial charge < -0.3 is 35.7 Å². The number of benzene rings is 1. The quantitative estimate of drug-likeness (QED) is 0.325. The zero-order chi connectivity index (χ0) is 28.7. The van der Waals surface area contributed by atoms with Gasteiger partial charge in [0.05, 0.1) is 19.0 Å². The molecule has 3 atom stereocenters. The van der Waals surface area contributed by atoms with Gasteiger partial charge >= 0.3 is 12.0 Å². The van der Waals surface area contributed by atoms with Crippen molar-refractivity contribution in [3.8, 4) is 0 Å². The van der Waals surface area contributed by atoms with Crippen molar-refractivity contribution in [1.82, 2.24) is 30.7 Å². The first-order chi connectivity index (χ1) is 18.5. The van der Waals surface area contributed by atoms with Gasteiger partial charge in [-0.1, -0.05) is 24.3 Å². The Morgan fingerprint density at radius 1 is 1.05 bits per heavy atom. The minimum Gasteiger partial charge on any atom is -0.481 e. The van der Waals surface area contributed by atoms with Crippen LogP contribution in [0.4, 0.5) is 4.79 Å². The van der Waals surface area contributed by atoms with Crippen molar-refractivity contribution in [3.05, 3.63) is 42.2 Å². The topological polar surface area (TPSA) is 178 Å². The molecular formula is C26H32N6O7. The summed E-state index contributed by atoms with van der Waals surface area (Å²) in [6.45, 7) is 4.91. The van der Waals surface area contributed by atoms with Gasteiger partial charge in [0.25, 0.3) is 5.91 Å². The maximum atomic E-state index is 13.5. The summed E-state index contributed by atoms with van der Waals surface area (Å²) >= 11 is 0. The van der Waals surface area contributed by atoms with Gasteiger partial charge in [0, 0.05) is 30.7 Å². The Bertz CT molecular complexity index is 1260. The molecule has 1 aromatic carbocycles. The predicted molar refractivity (Wildman–Crippen MR) is 140 cm³/mol. The van der Waals surface area contributed by atoms with Crippen LogP contribution in [0.15, 0.2) is 36.5 Å². The maximum absolute atomic E-state index is 13.5. The van der Waals surface area contributed by atoms with E-state index in [1.54, 1.807) is 32.0 Å². The third-order valence-corrected chi connectivity index (χ3v) is 6.16. The number of aliphatic carboxylic acids is 1. The molecule has 1 unspecified atom stereocenters. The van der Waals surface area contributed by atoms with Crippen LogP contribution < -0.4 is 16.0 Å². The SMILES string of the molecule is CC(C)NC(=O)N1CCN(C(=O)[C@H](C)NC(=O)c2nccc3ccccc23)C(C(=O)N[C@H](C=O)CC(=O)O)C1. The molecule has 1 aliphatic heterocycles. The lowest BCUT2D eigenvalue weighted by atomic mass is 10.1. The van der Waals surface area contributed by atoms with Crippen LogP contribution in [0.3, 0.4) is 0 Å². The molecule has 0 radical (unpaired) electrons. The summed E-state index contributed by atoms with van der Waals surface area (Å²) < 4.78 is 0. The van der Waals surface area contributed by atoms with E-state index in [4.69, 9.17) is 5.11 Å². The van der Waals surface area contributed by atoms with E-state index in [1.807, 2.05) is 12.1 Å². The molecular weight excluding hydrogens is 508 g/mol. The fourth-order valence-corrected chi connectivity index (χ4v) is 4.27. The number of urea groups is 1. The van der Waals surface area contributed by atoms with E-state index in [-0.39, 0.29) is 31.4 Å². The second-order valence-electron chi connectivity index (χ2n) is 9.52. The molecule has 0 aliphatic carbocycles. The Labute approximate surface area is 224 Å². The van der Waals surface area contributed by atoms with Gasteiger partial charge in [0.1, 0.15) is 24.1 Å². The van der Waals surface area contributed by atoms with Crippen molar-refractivity contribution < 1.29 is 33.9 Å². The molecule has 1 fully saturated rings. The molecule has 1 saturated heterocycles. The number of piperazine rings is 1. The van der Waals surface area contributed by atoms with Gasteiger partial charge in [-0.2, -0.15) is 0 Å². The molecule has 13 heteroatoms. The number of hydrogen-bond donors (Lipinski definition) is 4. The third-order valence-electron chi connectivity index (χ3n) is 6.16. The number of fused-ring (bicyclic) bond motifs is 1. The second kappa shape index (κ2) is 12.8. The number of aldehydes is 1. The number of hydrogen-bond acceptors (Lipinski definition) is 7. The Hall–Kier alpha value is -4.55. The molecule has 39 heavy (non-hydrogen) atoms. The molecule has 4 N–H and O–H groups in total. The van der Waals surface area contributed by atoms with Crippen molar-refractivity contribution in [2.24, 2.45) is 0 Å². The first kappa shape index (κ1) is 29.0. The van der Waals surface area contributed by atoms with E-state index in [0.29, 0.717) is 11.7 Å². The summed E-state index contributed by atoms with van der Waals surface area (Å²) in [5.41, 5.74) is 0.139. The molecule has 1 aromatic heterocycles. The predicted octanol–water partition coefficient (Wildman–Crippen LogP) is 0.142. The fraction of sp³-hybridized carbons (Fsp3) is 0.423. The molecule has 0 spiro atoms. The minimum atomic E-state index is -1.32. The monoisotopic (exact) mass is 540 g/mol. The number of nitrogens with one attached hydrogen (secondary N) is 3. The zero-order valence-corrected chi connectivity index (χ0v) is 21.9. The standard InChI is InChI=1S/C26H32N6O7/c1-15(2)28-26(39)31-10-11-32(20(13-31)23(36)30-18(14-33)12-21(34)35)25(38)16(3)29-24(37)22-19-7-5-4-6-17(19)8-9-27-22/h4-9,14-16,18,20H,10-13H2,1-3H3,(H,28,39)(H,29,37)(H,30,36)(H,34,35)/t16-,18-,20?/m0/s1. The summed E-state index contributed by atoms with van der Waals surface area (Å²) in [5.74, 6) is -3.25. The molecule has 0 saturated carbocycles. The fourth-order valence-electron chi connectivity index (χ4n) is 4.27. The van der Waals surface area contributed by atoms with Gasteiger partial charge in [-0.25, -0.2) is 4.79 Å². The largest absolute Gasteiger partial charge is 0.481 e. The summed E-state index contributed by atoms with van der Waals surface area (Å²) in [7, 11) is 0. The minimum absolute atomic E-state index is 0.0279. The van der Waals surface area contributed by atoms with E-state index in [0.717, 1.165) is 5.39 Å². The maximum Gasteiger partial charge on any atom is 0.317 e. The zero-order valence-electron chi connectivity index (χ0n) is 21.9. The lowest BCUT2D eigenvalue weighted by Gasteiger charge is -2.41. The summed E-state index contributed by atoms with van der Waals surface area (Å²) in [6, 6.07) is 4.72. The molecule has 2 aromatic rings. The number of carbonyl (C=O) groups excluding carboxylic acids is 5. The lowest BCUT2D eigenvalue weighted by molar-refractivity contribution is -0.145. The van der Waals surface area contributed by atoms with Gasteiger partial charge in [-0.05, 0) is 32.2 Å². The van der Waals surface area contributed by atoms with Crippen molar-refractivity contribution >= 4 is 46.8 Å². The number of rotatable bonds is 9. The number of carboxylic acid groups (broad SMARTS) is 1. The first-order valence-corrected chi connectivity index (χ1v) is 12.5. The van der Waals surface area contributed by atoms with E-state index in [1.165, 1.54) is 22.9 Å². The highest BCUT2D eigenvalue weighted by molar-refractivity contribution is 6.06. The van der Waals surface area contributed by atoms with E-state index >= 15 is 0 Å². The number of nitrogens with zero attached hydrogens (tertiary/aromatic N) is 3. The summed E-state index contributed by atoms with van der Waals surface area (Å²) in [4.78, 5) is 81.4. The molecule has 5 amide bonds. The number of carbonyl (C=O) groups is 6. The van der Waals surface area contributed by atoms with Gasteiger partial charge in [-0.15, -0.1) is 0 Å². The van der Waals surface area contributed by atoms with Crippen molar-refractivity contribution in [2.75, 3.05) is 19.6 Å². The van der Waals surface area contributed by atoms with Crippen molar-refractivity contribution in [3.63, 3.8) is 0 Å².